The first kappa shape index (κ1) is 17.6. The molecule has 0 saturated carbocycles. The molecule has 9 heteroatoms. The van der Waals surface area contributed by atoms with Gasteiger partial charge in [-0.25, -0.2) is 4.79 Å². The molecule has 0 fully saturated rings. The number of hydrogen-bond donors (Lipinski definition) is 3. The standard InChI is InChI=1S/C14H15N5O4/c1-9(20)16-11-4-3-5-12(8-11)19-18-10(2)23-14(22)17-13(21)6-7-15/h3-5,8,19H,6H2,1-2H3,(H,16,20)(H,17,21,22)/b18-10-. The molecule has 0 saturated heterocycles. The molecule has 0 aliphatic carbocycles. The second-order valence-electron chi connectivity index (χ2n) is 4.28. The fraction of sp³-hybridized carbons (Fsp3) is 0.214. The van der Waals surface area contributed by atoms with E-state index < -0.39 is 18.4 Å². The second kappa shape index (κ2) is 8.78. The van der Waals surface area contributed by atoms with Gasteiger partial charge in [0, 0.05) is 19.5 Å². The number of rotatable bonds is 4. The second-order valence-corrected chi connectivity index (χ2v) is 4.28. The van der Waals surface area contributed by atoms with Crippen molar-refractivity contribution in [3.8, 4) is 6.07 Å². The number of ether oxygens (including phenoxy) is 1. The highest BCUT2D eigenvalue weighted by Crippen LogP contribution is 2.14. The topological polar surface area (TPSA) is 133 Å². The molecule has 0 aliphatic heterocycles. The van der Waals surface area contributed by atoms with Crippen LogP contribution in [0.4, 0.5) is 16.2 Å². The van der Waals surface area contributed by atoms with Gasteiger partial charge < -0.3 is 10.1 Å². The molecule has 0 atom stereocenters. The molecule has 0 aromatic heterocycles. The van der Waals surface area contributed by atoms with Crippen LogP contribution in [0.25, 0.3) is 0 Å². The SMILES string of the molecule is CC(=O)Nc1cccc(N/N=C(/C)OC(=O)NC(=O)CC#N)c1. The first-order chi connectivity index (χ1) is 10.9. The minimum Gasteiger partial charge on any atom is -0.394 e. The van der Waals surface area contributed by atoms with Crippen molar-refractivity contribution in [3.63, 3.8) is 0 Å². The van der Waals surface area contributed by atoms with Gasteiger partial charge in [0.2, 0.25) is 17.7 Å². The molecule has 0 unspecified atom stereocenters. The number of amides is 3. The molecule has 3 N–H and O–H groups in total. The van der Waals surface area contributed by atoms with Crippen molar-refractivity contribution in [2.45, 2.75) is 20.3 Å². The highest BCUT2D eigenvalue weighted by atomic mass is 16.6. The Hall–Kier alpha value is -3.41. The number of alkyl carbamates (subject to hydrolysis) is 1. The Labute approximate surface area is 132 Å². The molecule has 23 heavy (non-hydrogen) atoms. The molecule has 120 valence electrons. The Balaban J connectivity index is 2.56. The average molecular weight is 317 g/mol. The van der Waals surface area contributed by atoms with Gasteiger partial charge in [-0.2, -0.15) is 5.26 Å². The van der Waals surface area contributed by atoms with Crippen molar-refractivity contribution >= 4 is 35.2 Å². The summed E-state index contributed by atoms with van der Waals surface area (Å²) in [6.07, 6.45) is -1.47. The van der Waals surface area contributed by atoms with Gasteiger partial charge in [-0.05, 0) is 18.2 Å². The van der Waals surface area contributed by atoms with E-state index in [9.17, 15) is 14.4 Å². The molecule has 0 spiro atoms. The predicted molar refractivity (Wildman–Crippen MR) is 82.3 cm³/mol. The summed E-state index contributed by atoms with van der Waals surface area (Å²) in [5.41, 5.74) is 3.77. The van der Waals surface area contributed by atoms with Crippen molar-refractivity contribution in [1.82, 2.24) is 5.32 Å². The van der Waals surface area contributed by atoms with Gasteiger partial charge in [-0.15, -0.1) is 5.10 Å². The van der Waals surface area contributed by atoms with E-state index in [1.165, 1.54) is 13.8 Å². The number of nitrogens with one attached hydrogen (secondary N) is 3. The van der Waals surface area contributed by atoms with Crippen LogP contribution in [0, 0.1) is 11.3 Å². The van der Waals surface area contributed by atoms with Gasteiger partial charge in [0.15, 0.2) is 0 Å². The van der Waals surface area contributed by atoms with Crippen molar-refractivity contribution in [3.05, 3.63) is 24.3 Å². The molecule has 9 nitrogen and oxygen atoms in total. The fourth-order valence-corrected chi connectivity index (χ4v) is 1.43. The number of hydrazone groups is 1. The number of nitrogens with zero attached hydrogens (tertiary/aromatic N) is 2. The van der Waals surface area contributed by atoms with Gasteiger partial charge >= 0.3 is 6.09 Å². The summed E-state index contributed by atoms with van der Waals surface area (Å²) < 4.78 is 4.72. The number of nitriles is 1. The van der Waals surface area contributed by atoms with E-state index in [0.717, 1.165) is 0 Å². The fourth-order valence-electron chi connectivity index (χ4n) is 1.43. The summed E-state index contributed by atoms with van der Waals surface area (Å²) in [6, 6.07) is 8.33. The Morgan fingerprint density at radius 3 is 2.61 bits per heavy atom. The van der Waals surface area contributed by atoms with E-state index in [2.05, 4.69) is 15.8 Å². The molecule has 0 radical (unpaired) electrons. The zero-order valence-electron chi connectivity index (χ0n) is 12.5. The van der Waals surface area contributed by atoms with E-state index in [1.54, 1.807) is 30.3 Å². The van der Waals surface area contributed by atoms with E-state index in [-0.39, 0.29) is 11.8 Å². The third kappa shape index (κ3) is 7.24. The molecule has 1 aromatic rings. The zero-order chi connectivity index (χ0) is 17.2. The normalized spacial score (nSPS) is 10.2. The first-order valence-corrected chi connectivity index (χ1v) is 6.47. The molecule has 1 aromatic carbocycles. The number of carbonyl (C=O) groups is 3. The third-order valence-electron chi connectivity index (χ3n) is 2.25. The first-order valence-electron chi connectivity index (χ1n) is 6.47. The molecular weight excluding hydrogens is 302 g/mol. The lowest BCUT2D eigenvalue weighted by molar-refractivity contribution is -0.119. The Kier molecular flexibility index (Phi) is 6.74. The van der Waals surface area contributed by atoms with Gasteiger partial charge in [-0.3, -0.25) is 20.3 Å². The lowest BCUT2D eigenvalue weighted by Crippen LogP contribution is -2.31. The van der Waals surface area contributed by atoms with Crippen molar-refractivity contribution in [2.24, 2.45) is 5.10 Å². The maximum Gasteiger partial charge on any atom is 0.420 e. The number of imide groups is 1. The summed E-state index contributed by atoms with van der Waals surface area (Å²) >= 11 is 0. The highest BCUT2D eigenvalue weighted by molar-refractivity contribution is 5.97. The largest absolute Gasteiger partial charge is 0.420 e. The van der Waals surface area contributed by atoms with Crippen LogP contribution in [0.1, 0.15) is 20.3 Å². The highest BCUT2D eigenvalue weighted by Gasteiger charge is 2.09. The minimum absolute atomic E-state index is 0.0443. The van der Waals surface area contributed by atoms with Crippen molar-refractivity contribution in [1.29, 1.82) is 5.26 Å². The average Bonchev–Trinajstić information content (AvgIpc) is 2.44. The van der Waals surface area contributed by atoms with Gasteiger partial charge in [0.1, 0.15) is 6.42 Å². The van der Waals surface area contributed by atoms with E-state index in [1.807, 2.05) is 5.32 Å². The lowest BCUT2D eigenvalue weighted by atomic mass is 10.3. The van der Waals surface area contributed by atoms with Crippen LogP contribution in [0.2, 0.25) is 0 Å². The predicted octanol–water partition coefficient (Wildman–Crippen LogP) is 1.56. The minimum atomic E-state index is -1.03. The summed E-state index contributed by atoms with van der Waals surface area (Å²) in [7, 11) is 0. The summed E-state index contributed by atoms with van der Waals surface area (Å²) in [6.45, 7) is 2.79. The van der Waals surface area contributed by atoms with Gasteiger partial charge in [0.05, 0.1) is 11.8 Å². The molecule has 0 heterocycles. The van der Waals surface area contributed by atoms with Crippen molar-refractivity contribution < 1.29 is 19.1 Å². The van der Waals surface area contributed by atoms with Crippen LogP contribution >= 0.6 is 0 Å². The molecule has 3 amide bonds. The van der Waals surface area contributed by atoms with Crippen molar-refractivity contribution in [2.75, 3.05) is 10.7 Å². The quantitative estimate of drug-likeness (QED) is 0.438. The van der Waals surface area contributed by atoms with E-state index in [0.29, 0.717) is 11.4 Å². The van der Waals surface area contributed by atoms with E-state index >= 15 is 0 Å². The molecule has 0 aliphatic rings. The van der Waals surface area contributed by atoms with Crippen LogP contribution in [0.5, 0.6) is 0 Å². The monoisotopic (exact) mass is 317 g/mol. The molecule has 1 rings (SSSR count). The Morgan fingerprint density at radius 2 is 1.96 bits per heavy atom. The van der Waals surface area contributed by atoms with Crippen LogP contribution in [0.15, 0.2) is 29.4 Å². The maximum atomic E-state index is 11.3. The smallest absolute Gasteiger partial charge is 0.394 e. The summed E-state index contributed by atoms with van der Waals surface area (Å²) in [5, 5.41) is 16.6. The van der Waals surface area contributed by atoms with Crippen LogP contribution in [-0.2, 0) is 14.3 Å². The number of benzene rings is 1. The van der Waals surface area contributed by atoms with Crippen LogP contribution < -0.4 is 16.1 Å². The molecular formula is C14H15N5O4. The lowest BCUT2D eigenvalue weighted by Gasteiger charge is -2.07. The third-order valence-corrected chi connectivity index (χ3v) is 2.25. The maximum absolute atomic E-state index is 11.3. The van der Waals surface area contributed by atoms with Crippen LogP contribution in [0.3, 0.4) is 0 Å². The van der Waals surface area contributed by atoms with E-state index in [4.69, 9.17) is 10.00 Å². The Morgan fingerprint density at radius 1 is 1.26 bits per heavy atom. The molecule has 0 bridgehead atoms. The Bertz CT molecular complexity index is 678. The number of hydrogen-bond acceptors (Lipinski definition) is 7. The summed E-state index contributed by atoms with van der Waals surface area (Å²) in [5.74, 6) is -1.01. The van der Waals surface area contributed by atoms with Crippen LogP contribution in [-0.4, -0.2) is 23.8 Å². The zero-order valence-corrected chi connectivity index (χ0v) is 12.5. The number of anilines is 2. The van der Waals surface area contributed by atoms with Gasteiger partial charge in [-0.1, -0.05) is 6.07 Å². The van der Waals surface area contributed by atoms with Gasteiger partial charge in [0.25, 0.3) is 0 Å². The summed E-state index contributed by atoms with van der Waals surface area (Å²) in [4.78, 5) is 33.3. The number of carbonyl (C=O) groups excluding carboxylic acids is 3.